The number of carbonyl (C=O) groups excluding carboxylic acids is 2. The quantitative estimate of drug-likeness (QED) is 0.387. The first kappa shape index (κ1) is 26.6. The molecule has 7 nitrogen and oxygen atoms in total. The molecule has 202 valence electrons. The second kappa shape index (κ2) is 12.2. The van der Waals surface area contributed by atoms with E-state index in [4.69, 9.17) is 4.98 Å². The number of hydrogen-bond donors (Lipinski definition) is 2. The zero-order valence-electron chi connectivity index (χ0n) is 22.8. The van der Waals surface area contributed by atoms with Crippen LogP contribution in [-0.2, 0) is 9.59 Å². The van der Waals surface area contributed by atoms with Gasteiger partial charge in [0.05, 0.1) is 11.0 Å². The molecule has 3 heterocycles. The molecule has 2 aliphatic heterocycles. The minimum Gasteiger partial charge on any atom is -0.326 e. The maximum atomic E-state index is 12.6. The van der Waals surface area contributed by atoms with Crippen molar-refractivity contribution in [3.63, 3.8) is 0 Å². The zero-order valence-corrected chi connectivity index (χ0v) is 22.8. The summed E-state index contributed by atoms with van der Waals surface area (Å²) in [6.45, 7) is 10.5. The fourth-order valence-corrected chi connectivity index (χ4v) is 5.92. The zero-order chi connectivity index (χ0) is 26.5. The molecule has 2 aliphatic rings. The predicted octanol–water partition coefficient (Wildman–Crippen LogP) is 5.51. The number of nitrogens with one attached hydrogen (secondary N) is 2. The fourth-order valence-electron chi connectivity index (χ4n) is 5.92. The molecule has 2 amide bonds. The fraction of sp³-hybridized carbons (Fsp3) is 0.516. The molecule has 3 aromatic rings. The van der Waals surface area contributed by atoms with Crippen LogP contribution in [-0.4, -0.2) is 65.9 Å². The Balaban J connectivity index is 1.19. The van der Waals surface area contributed by atoms with Crippen molar-refractivity contribution in [3.8, 4) is 0 Å². The Morgan fingerprint density at radius 2 is 1.24 bits per heavy atom. The lowest BCUT2D eigenvalue weighted by Crippen LogP contribution is -2.36. The van der Waals surface area contributed by atoms with E-state index >= 15 is 0 Å². The third kappa shape index (κ3) is 7.08. The Labute approximate surface area is 226 Å². The molecule has 5 rings (SSSR count). The van der Waals surface area contributed by atoms with Gasteiger partial charge in [-0.2, -0.15) is 0 Å². The van der Waals surface area contributed by atoms with E-state index in [2.05, 4.69) is 40.3 Å². The highest BCUT2D eigenvalue weighted by Crippen LogP contribution is 2.25. The second-order valence-electron chi connectivity index (χ2n) is 11.5. The largest absolute Gasteiger partial charge is 0.326 e. The first-order valence-electron chi connectivity index (χ1n) is 14.3. The summed E-state index contributed by atoms with van der Waals surface area (Å²) in [6, 6.07) is 13.8. The molecule has 2 aromatic carbocycles. The van der Waals surface area contributed by atoms with Crippen molar-refractivity contribution >= 4 is 45.0 Å². The van der Waals surface area contributed by atoms with Crippen molar-refractivity contribution in [1.82, 2.24) is 14.8 Å². The highest BCUT2D eigenvalue weighted by atomic mass is 16.2. The average molecular weight is 516 g/mol. The van der Waals surface area contributed by atoms with Crippen LogP contribution in [0.4, 0.5) is 11.4 Å². The molecule has 7 heteroatoms. The number of anilines is 2. The van der Waals surface area contributed by atoms with Crippen molar-refractivity contribution in [2.45, 2.75) is 52.4 Å². The minimum absolute atomic E-state index is 0.0346. The van der Waals surface area contributed by atoms with Crippen LogP contribution in [0.15, 0.2) is 42.5 Å². The summed E-state index contributed by atoms with van der Waals surface area (Å²) in [6.07, 6.45) is 6.00. The second-order valence-corrected chi connectivity index (χ2v) is 11.5. The minimum atomic E-state index is 0.0346. The maximum absolute atomic E-state index is 12.6. The standard InChI is InChI=1S/C31H41N5O2/c1-22-5-3-13-35(20-22)15-11-30(37)32-26-9-7-24-17-25-8-10-27(19-29(25)34-28(24)18-26)33-31(38)12-16-36-14-4-6-23(2)21-36/h7-10,17-19,22-23H,3-6,11-16,20-21H2,1-2H3,(H,32,37)(H,33,38)/t22-,23-/m1/s1. The van der Waals surface area contributed by atoms with Crippen LogP contribution in [0.2, 0.25) is 0 Å². The molecule has 2 N–H and O–H groups in total. The van der Waals surface area contributed by atoms with Gasteiger partial charge in [-0.3, -0.25) is 9.59 Å². The van der Waals surface area contributed by atoms with Crippen molar-refractivity contribution in [2.75, 3.05) is 49.9 Å². The molecule has 2 atom stereocenters. The van der Waals surface area contributed by atoms with Gasteiger partial charge in [-0.1, -0.05) is 26.0 Å². The molecule has 0 saturated carbocycles. The number of nitrogens with zero attached hydrogens (tertiary/aromatic N) is 3. The smallest absolute Gasteiger partial charge is 0.225 e. The van der Waals surface area contributed by atoms with Crippen molar-refractivity contribution < 1.29 is 9.59 Å². The van der Waals surface area contributed by atoms with Crippen molar-refractivity contribution in [1.29, 1.82) is 0 Å². The van der Waals surface area contributed by atoms with Gasteiger partial charge < -0.3 is 20.4 Å². The topological polar surface area (TPSA) is 77.6 Å². The lowest BCUT2D eigenvalue weighted by molar-refractivity contribution is -0.117. The van der Waals surface area contributed by atoms with Gasteiger partial charge in [-0.05, 0) is 80.9 Å². The summed E-state index contributed by atoms with van der Waals surface area (Å²) in [5.41, 5.74) is 3.17. The molecule has 1 aromatic heterocycles. The molecule has 2 saturated heterocycles. The molecular formula is C31H41N5O2. The van der Waals surface area contributed by atoms with E-state index < -0.39 is 0 Å². The van der Waals surface area contributed by atoms with E-state index in [1.807, 2.05) is 36.4 Å². The van der Waals surface area contributed by atoms with E-state index in [0.29, 0.717) is 24.7 Å². The normalized spacial score (nSPS) is 21.0. The van der Waals surface area contributed by atoms with Gasteiger partial charge in [0.25, 0.3) is 0 Å². The summed E-state index contributed by atoms with van der Waals surface area (Å²) in [5.74, 6) is 1.50. The van der Waals surface area contributed by atoms with Gasteiger partial charge in [-0.25, -0.2) is 4.98 Å². The number of pyridine rings is 1. The van der Waals surface area contributed by atoms with Gasteiger partial charge in [0.2, 0.25) is 11.8 Å². The van der Waals surface area contributed by atoms with Crippen LogP contribution in [0.1, 0.15) is 52.4 Å². The summed E-state index contributed by atoms with van der Waals surface area (Å²) < 4.78 is 0. The van der Waals surface area contributed by atoms with E-state index in [9.17, 15) is 9.59 Å². The van der Waals surface area contributed by atoms with Gasteiger partial charge >= 0.3 is 0 Å². The van der Waals surface area contributed by atoms with Gasteiger partial charge in [-0.15, -0.1) is 0 Å². The summed E-state index contributed by atoms with van der Waals surface area (Å²) >= 11 is 0. The summed E-state index contributed by atoms with van der Waals surface area (Å²) in [5, 5.41) is 8.13. The van der Waals surface area contributed by atoms with Crippen molar-refractivity contribution in [3.05, 3.63) is 42.5 Å². The Morgan fingerprint density at radius 1 is 0.763 bits per heavy atom. The van der Waals surface area contributed by atoms with Crippen molar-refractivity contribution in [2.24, 2.45) is 11.8 Å². The molecule has 38 heavy (non-hydrogen) atoms. The van der Waals surface area contributed by atoms with E-state index in [0.717, 1.165) is 72.4 Å². The number of amides is 2. The van der Waals surface area contributed by atoms with Crippen LogP contribution < -0.4 is 10.6 Å². The predicted molar refractivity (Wildman–Crippen MR) is 155 cm³/mol. The number of aromatic nitrogens is 1. The summed E-state index contributed by atoms with van der Waals surface area (Å²) in [7, 11) is 0. The summed E-state index contributed by atoms with van der Waals surface area (Å²) in [4.78, 5) is 34.8. The van der Waals surface area contributed by atoms with E-state index in [1.54, 1.807) is 0 Å². The van der Waals surface area contributed by atoms with Crippen LogP contribution in [0.5, 0.6) is 0 Å². The monoisotopic (exact) mass is 515 g/mol. The molecule has 0 unspecified atom stereocenters. The Kier molecular flexibility index (Phi) is 8.55. The van der Waals surface area contributed by atoms with Gasteiger partial charge in [0.1, 0.15) is 0 Å². The van der Waals surface area contributed by atoms with Crippen LogP contribution >= 0.6 is 0 Å². The highest BCUT2D eigenvalue weighted by Gasteiger charge is 2.18. The number of fused-ring (bicyclic) bond motifs is 2. The number of likely N-dealkylation sites (tertiary alicyclic amines) is 2. The first-order chi connectivity index (χ1) is 18.4. The molecular weight excluding hydrogens is 474 g/mol. The molecule has 0 aliphatic carbocycles. The van der Waals surface area contributed by atoms with Crippen LogP contribution in [0.3, 0.4) is 0 Å². The van der Waals surface area contributed by atoms with E-state index in [1.165, 1.54) is 25.7 Å². The molecule has 0 bridgehead atoms. The number of carbonyl (C=O) groups is 2. The first-order valence-corrected chi connectivity index (χ1v) is 14.3. The van der Waals surface area contributed by atoms with Gasteiger partial charge in [0, 0.05) is 61.2 Å². The lowest BCUT2D eigenvalue weighted by atomic mass is 10.0. The molecule has 0 radical (unpaired) electrons. The number of benzene rings is 2. The molecule has 2 fully saturated rings. The van der Waals surface area contributed by atoms with E-state index in [-0.39, 0.29) is 11.8 Å². The third-order valence-electron chi connectivity index (χ3n) is 7.97. The maximum Gasteiger partial charge on any atom is 0.225 e. The average Bonchev–Trinajstić information content (AvgIpc) is 2.90. The number of piperidine rings is 2. The Bertz CT molecular complexity index is 1200. The highest BCUT2D eigenvalue weighted by molar-refractivity contribution is 5.99. The Hall–Kier alpha value is -3.03. The van der Waals surface area contributed by atoms with Gasteiger partial charge in [0.15, 0.2) is 0 Å². The molecule has 0 spiro atoms. The lowest BCUT2D eigenvalue weighted by Gasteiger charge is -2.30. The van der Waals surface area contributed by atoms with Crippen LogP contribution in [0.25, 0.3) is 21.8 Å². The number of rotatable bonds is 8. The van der Waals surface area contributed by atoms with Crippen LogP contribution in [0, 0.1) is 11.8 Å². The number of hydrogen-bond acceptors (Lipinski definition) is 5. The SMILES string of the molecule is C[C@@H]1CCCN(CCC(=O)Nc2ccc3cc4ccc(NC(=O)CCN5CCC[C@@H](C)C5)cc4nc3c2)C1. The Morgan fingerprint density at radius 3 is 1.68 bits per heavy atom. The third-order valence-corrected chi connectivity index (χ3v) is 7.97.